The van der Waals surface area contributed by atoms with Gasteiger partial charge in [0, 0.05) is 28.6 Å². The molecule has 1 amide bonds. The lowest BCUT2D eigenvalue weighted by molar-refractivity contribution is -0.113. The number of hydrogen-bond acceptors (Lipinski definition) is 7. The summed E-state index contributed by atoms with van der Waals surface area (Å²) in [6.07, 6.45) is 3.74. The molecule has 4 rings (SSSR count). The molecule has 4 heterocycles. The van der Waals surface area contributed by atoms with Crippen molar-refractivity contribution < 1.29 is 9.53 Å². The zero-order valence-electron chi connectivity index (χ0n) is 15.8. The van der Waals surface area contributed by atoms with Crippen LogP contribution < -0.4 is 5.32 Å². The van der Waals surface area contributed by atoms with Crippen LogP contribution in [-0.2, 0) is 16.1 Å². The van der Waals surface area contributed by atoms with Crippen LogP contribution in [0, 0.1) is 6.92 Å². The molecule has 0 saturated carbocycles. The Morgan fingerprint density at radius 1 is 1.45 bits per heavy atom. The SMILES string of the molecule is Cc1cc(-c2nnc(SCC(=O)Nc3ccc(Cl)cn3)n2CC2CCCO2)cs1. The van der Waals surface area contributed by atoms with Crippen molar-refractivity contribution in [3.05, 3.63) is 39.7 Å². The fourth-order valence-corrected chi connectivity index (χ4v) is 4.63. The van der Waals surface area contributed by atoms with Crippen LogP contribution in [0.15, 0.2) is 34.9 Å². The molecule has 0 aromatic carbocycles. The first-order valence-electron chi connectivity index (χ1n) is 9.23. The fraction of sp³-hybridized carbons (Fsp3) is 0.368. The molecule has 1 atom stereocenters. The minimum absolute atomic E-state index is 0.149. The summed E-state index contributed by atoms with van der Waals surface area (Å²) < 4.78 is 7.88. The second kappa shape index (κ2) is 9.25. The lowest BCUT2D eigenvalue weighted by Crippen LogP contribution is -2.18. The van der Waals surface area contributed by atoms with Crippen molar-refractivity contribution >= 4 is 46.4 Å². The number of carbonyl (C=O) groups excluding carboxylic acids is 1. The van der Waals surface area contributed by atoms with Crippen molar-refractivity contribution in [1.82, 2.24) is 19.7 Å². The third-order valence-electron chi connectivity index (χ3n) is 4.44. The normalized spacial score (nSPS) is 16.3. The van der Waals surface area contributed by atoms with Gasteiger partial charge in [0.05, 0.1) is 23.4 Å². The zero-order chi connectivity index (χ0) is 20.2. The number of nitrogens with one attached hydrogen (secondary N) is 1. The van der Waals surface area contributed by atoms with E-state index in [4.69, 9.17) is 16.3 Å². The highest BCUT2D eigenvalue weighted by Gasteiger charge is 2.22. The first kappa shape index (κ1) is 20.3. The minimum atomic E-state index is -0.163. The molecule has 1 saturated heterocycles. The lowest BCUT2D eigenvalue weighted by Gasteiger charge is -2.14. The molecule has 0 aliphatic carbocycles. The summed E-state index contributed by atoms with van der Waals surface area (Å²) in [4.78, 5) is 17.6. The third-order valence-corrected chi connectivity index (χ3v) is 6.49. The van der Waals surface area contributed by atoms with Gasteiger partial charge in [-0.15, -0.1) is 21.5 Å². The molecule has 10 heteroatoms. The van der Waals surface area contributed by atoms with Gasteiger partial charge in [-0.25, -0.2) is 4.98 Å². The van der Waals surface area contributed by atoms with Crippen LogP contribution in [0.3, 0.4) is 0 Å². The summed E-state index contributed by atoms with van der Waals surface area (Å²) in [6.45, 7) is 3.54. The maximum Gasteiger partial charge on any atom is 0.236 e. The van der Waals surface area contributed by atoms with Crippen LogP contribution in [-0.4, -0.2) is 44.1 Å². The Hall–Kier alpha value is -1.94. The molecule has 1 N–H and O–H groups in total. The Bertz CT molecular complexity index is 983. The minimum Gasteiger partial charge on any atom is -0.376 e. The van der Waals surface area contributed by atoms with E-state index in [1.165, 1.54) is 22.8 Å². The number of amides is 1. The number of thioether (sulfide) groups is 1. The second-order valence-electron chi connectivity index (χ2n) is 6.70. The molecule has 1 fully saturated rings. The Balaban J connectivity index is 1.47. The second-order valence-corrected chi connectivity index (χ2v) is 9.19. The van der Waals surface area contributed by atoms with Crippen LogP contribution in [0.4, 0.5) is 5.82 Å². The summed E-state index contributed by atoms with van der Waals surface area (Å²) in [5, 5.41) is 14.8. The van der Waals surface area contributed by atoms with E-state index in [0.29, 0.717) is 22.5 Å². The van der Waals surface area contributed by atoms with Crippen LogP contribution in [0.5, 0.6) is 0 Å². The van der Waals surface area contributed by atoms with Gasteiger partial charge in [-0.1, -0.05) is 23.4 Å². The molecule has 0 bridgehead atoms. The molecule has 1 aliphatic rings. The van der Waals surface area contributed by atoms with Crippen molar-refractivity contribution in [1.29, 1.82) is 0 Å². The van der Waals surface area contributed by atoms with Crippen LogP contribution in [0.25, 0.3) is 11.4 Å². The van der Waals surface area contributed by atoms with Gasteiger partial charge in [-0.05, 0) is 38.0 Å². The van der Waals surface area contributed by atoms with Crippen molar-refractivity contribution in [3.63, 3.8) is 0 Å². The molecule has 29 heavy (non-hydrogen) atoms. The van der Waals surface area contributed by atoms with Gasteiger partial charge in [0.1, 0.15) is 5.82 Å². The van der Waals surface area contributed by atoms with Crippen molar-refractivity contribution in [2.45, 2.75) is 37.6 Å². The first-order chi connectivity index (χ1) is 14.1. The first-order valence-corrected chi connectivity index (χ1v) is 11.5. The lowest BCUT2D eigenvalue weighted by atomic mass is 10.2. The average Bonchev–Trinajstić information content (AvgIpc) is 3.44. The molecule has 3 aromatic heterocycles. The van der Waals surface area contributed by atoms with E-state index >= 15 is 0 Å². The van der Waals surface area contributed by atoms with Gasteiger partial charge in [0.2, 0.25) is 5.91 Å². The van der Waals surface area contributed by atoms with Gasteiger partial charge in [-0.2, -0.15) is 0 Å². The molecule has 152 valence electrons. The summed E-state index contributed by atoms with van der Waals surface area (Å²) in [5.74, 6) is 1.32. The summed E-state index contributed by atoms with van der Waals surface area (Å²) >= 11 is 8.86. The van der Waals surface area contributed by atoms with Gasteiger partial charge in [0.15, 0.2) is 11.0 Å². The van der Waals surface area contributed by atoms with E-state index in [2.05, 4.69) is 43.4 Å². The van der Waals surface area contributed by atoms with Crippen molar-refractivity contribution in [2.75, 3.05) is 17.7 Å². The number of thiophene rings is 1. The van der Waals surface area contributed by atoms with Gasteiger partial charge in [0.25, 0.3) is 0 Å². The summed E-state index contributed by atoms with van der Waals surface area (Å²) in [5.41, 5.74) is 1.04. The van der Waals surface area contributed by atoms with Gasteiger partial charge < -0.3 is 10.1 Å². The predicted molar refractivity (Wildman–Crippen MR) is 116 cm³/mol. The molecule has 0 spiro atoms. The maximum atomic E-state index is 12.3. The zero-order valence-corrected chi connectivity index (χ0v) is 18.2. The monoisotopic (exact) mass is 449 g/mol. The number of pyridine rings is 1. The number of anilines is 1. The van der Waals surface area contributed by atoms with E-state index in [-0.39, 0.29) is 17.8 Å². The Morgan fingerprint density at radius 3 is 3.03 bits per heavy atom. The number of nitrogens with zero attached hydrogens (tertiary/aromatic N) is 4. The standard InChI is InChI=1S/C19H20ClN5O2S2/c1-12-7-13(10-28-12)18-23-24-19(25(18)9-15-3-2-6-27-15)29-11-17(26)22-16-5-4-14(20)8-21-16/h4-5,7-8,10,15H,2-3,6,9,11H2,1H3,(H,21,22,26). The molecule has 1 unspecified atom stereocenters. The molecular formula is C19H20ClN5O2S2. The maximum absolute atomic E-state index is 12.3. The molecular weight excluding hydrogens is 430 g/mol. The van der Waals surface area contributed by atoms with E-state index in [9.17, 15) is 4.79 Å². The Morgan fingerprint density at radius 2 is 2.34 bits per heavy atom. The topological polar surface area (TPSA) is 81.9 Å². The average molecular weight is 450 g/mol. The van der Waals surface area contributed by atoms with Crippen molar-refractivity contribution in [2.24, 2.45) is 0 Å². The number of rotatable bonds is 7. The number of aryl methyl sites for hydroxylation is 1. The van der Waals surface area contributed by atoms with E-state index in [0.717, 1.165) is 30.8 Å². The van der Waals surface area contributed by atoms with E-state index in [1.54, 1.807) is 23.5 Å². The predicted octanol–water partition coefficient (Wildman–Crippen LogP) is 4.27. The third kappa shape index (κ3) is 5.16. The fourth-order valence-electron chi connectivity index (χ4n) is 3.09. The molecule has 1 aliphatic heterocycles. The van der Waals surface area contributed by atoms with Crippen molar-refractivity contribution in [3.8, 4) is 11.4 Å². The number of aromatic nitrogens is 4. The summed E-state index contributed by atoms with van der Waals surface area (Å²) in [7, 11) is 0. The summed E-state index contributed by atoms with van der Waals surface area (Å²) in [6, 6.07) is 5.46. The molecule has 7 nitrogen and oxygen atoms in total. The quantitative estimate of drug-likeness (QED) is 0.542. The Kier molecular flexibility index (Phi) is 6.49. The largest absolute Gasteiger partial charge is 0.376 e. The smallest absolute Gasteiger partial charge is 0.236 e. The highest BCUT2D eigenvalue weighted by molar-refractivity contribution is 7.99. The number of ether oxygens (including phenoxy) is 1. The van der Waals surface area contributed by atoms with Crippen LogP contribution in [0.1, 0.15) is 17.7 Å². The van der Waals surface area contributed by atoms with Crippen LogP contribution in [0.2, 0.25) is 5.02 Å². The highest BCUT2D eigenvalue weighted by atomic mass is 35.5. The highest BCUT2D eigenvalue weighted by Crippen LogP contribution is 2.29. The molecule has 3 aromatic rings. The number of hydrogen-bond donors (Lipinski definition) is 1. The van der Waals surface area contributed by atoms with E-state index in [1.807, 2.05) is 0 Å². The van der Waals surface area contributed by atoms with E-state index < -0.39 is 0 Å². The Labute approximate surface area is 181 Å². The molecule has 0 radical (unpaired) electrons. The number of carbonyl (C=O) groups is 1. The van der Waals surface area contributed by atoms with Gasteiger partial charge in [-0.3, -0.25) is 9.36 Å². The van der Waals surface area contributed by atoms with Crippen LogP contribution >= 0.6 is 34.7 Å². The number of halogens is 1. The van der Waals surface area contributed by atoms with Gasteiger partial charge >= 0.3 is 0 Å².